The summed E-state index contributed by atoms with van der Waals surface area (Å²) >= 11 is 5.98. The van der Waals surface area contributed by atoms with E-state index in [1.54, 1.807) is 0 Å². The third-order valence-electron chi connectivity index (χ3n) is 2.60. The third-order valence-corrected chi connectivity index (χ3v) is 2.97. The summed E-state index contributed by atoms with van der Waals surface area (Å²) < 4.78 is 10.5. The van der Waals surface area contributed by atoms with E-state index in [-0.39, 0.29) is 27.8 Å². The number of carbonyl (C=O) groups is 1. The van der Waals surface area contributed by atoms with Crippen molar-refractivity contribution in [3.05, 3.63) is 46.6 Å². The summed E-state index contributed by atoms with van der Waals surface area (Å²) in [6, 6.07) is 7.56. The van der Waals surface area contributed by atoms with Gasteiger partial charge in [-0.05, 0) is 18.2 Å². The Labute approximate surface area is 125 Å². The summed E-state index contributed by atoms with van der Waals surface area (Å²) in [5.74, 6) is -0.777. The predicted octanol–water partition coefficient (Wildman–Crippen LogP) is 3.11. The summed E-state index contributed by atoms with van der Waals surface area (Å²) in [7, 11) is 1.45. The van der Waals surface area contributed by atoms with Crippen molar-refractivity contribution >= 4 is 17.6 Å². The molecule has 1 heterocycles. The first-order chi connectivity index (χ1) is 10.1. The van der Waals surface area contributed by atoms with Crippen molar-refractivity contribution in [2.45, 2.75) is 0 Å². The van der Waals surface area contributed by atoms with Gasteiger partial charge in [0.05, 0.1) is 12.7 Å². The number of pyridine rings is 1. The molecule has 0 aliphatic heterocycles. The lowest BCUT2D eigenvalue weighted by Crippen LogP contribution is -2.01. The smallest absolute Gasteiger partial charge is 0.339 e. The molecule has 0 spiro atoms. The van der Waals surface area contributed by atoms with Crippen LogP contribution in [0, 0.1) is 11.3 Å². The van der Waals surface area contributed by atoms with Crippen molar-refractivity contribution in [1.82, 2.24) is 4.98 Å². The highest BCUT2D eigenvalue weighted by Crippen LogP contribution is 2.33. The average Bonchev–Trinajstić information content (AvgIpc) is 2.49. The fourth-order valence-corrected chi connectivity index (χ4v) is 1.77. The van der Waals surface area contributed by atoms with Crippen LogP contribution in [0.3, 0.4) is 0 Å². The summed E-state index contributed by atoms with van der Waals surface area (Å²) in [6.45, 7) is 0. The molecule has 0 atom stereocenters. The predicted molar refractivity (Wildman–Crippen MR) is 74.0 cm³/mol. The van der Waals surface area contributed by atoms with Gasteiger partial charge in [-0.25, -0.2) is 9.78 Å². The van der Waals surface area contributed by atoms with Crippen LogP contribution in [0.1, 0.15) is 15.9 Å². The van der Waals surface area contributed by atoms with Crippen molar-refractivity contribution in [3.63, 3.8) is 0 Å². The van der Waals surface area contributed by atoms with E-state index in [4.69, 9.17) is 31.4 Å². The van der Waals surface area contributed by atoms with Crippen molar-refractivity contribution < 1.29 is 19.4 Å². The molecule has 0 aliphatic carbocycles. The average molecular weight is 305 g/mol. The number of benzene rings is 1. The number of hydrogen-bond acceptors (Lipinski definition) is 5. The van der Waals surface area contributed by atoms with Crippen molar-refractivity contribution in [3.8, 4) is 23.4 Å². The molecule has 0 radical (unpaired) electrons. The number of aromatic carboxylic acids is 1. The second-order valence-electron chi connectivity index (χ2n) is 3.86. The molecule has 0 unspecified atom stereocenters. The van der Waals surface area contributed by atoms with Crippen molar-refractivity contribution in [2.75, 3.05) is 7.11 Å². The summed E-state index contributed by atoms with van der Waals surface area (Å²) in [6.07, 6.45) is 1.35. The van der Waals surface area contributed by atoms with Gasteiger partial charge in [0.25, 0.3) is 0 Å². The summed E-state index contributed by atoms with van der Waals surface area (Å²) in [5, 5.41) is 18.1. The number of halogens is 1. The van der Waals surface area contributed by atoms with E-state index in [1.807, 2.05) is 6.07 Å². The molecule has 21 heavy (non-hydrogen) atoms. The van der Waals surface area contributed by atoms with E-state index in [0.29, 0.717) is 5.75 Å². The van der Waals surface area contributed by atoms with E-state index in [9.17, 15) is 4.79 Å². The minimum Gasteiger partial charge on any atom is -0.497 e. The standard InChI is InChI=1S/C14H9ClN2O4/c1-20-9-2-3-10(14(18)19)11(6-9)21-13-12(15)8(7-16)4-5-17-13/h2-6H,1H3,(H,18,19). The number of carboxylic acid groups (broad SMARTS) is 1. The Morgan fingerprint density at radius 1 is 1.43 bits per heavy atom. The zero-order chi connectivity index (χ0) is 15.4. The second kappa shape index (κ2) is 6.11. The number of nitriles is 1. The maximum absolute atomic E-state index is 11.2. The fraction of sp³-hybridized carbons (Fsp3) is 0.0714. The van der Waals surface area contributed by atoms with Crippen LogP contribution in [-0.4, -0.2) is 23.2 Å². The molecule has 0 amide bonds. The van der Waals surface area contributed by atoms with Crippen LogP contribution in [-0.2, 0) is 0 Å². The second-order valence-corrected chi connectivity index (χ2v) is 4.24. The van der Waals surface area contributed by atoms with Gasteiger partial charge in [0, 0.05) is 12.3 Å². The third kappa shape index (κ3) is 3.04. The highest BCUT2D eigenvalue weighted by atomic mass is 35.5. The van der Waals surface area contributed by atoms with E-state index in [2.05, 4.69) is 4.98 Å². The lowest BCUT2D eigenvalue weighted by molar-refractivity contribution is 0.0694. The molecule has 1 aromatic carbocycles. The maximum Gasteiger partial charge on any atom is 0.339 e. The Hall–Kier alpha value is -2.78. The molecular weight excluding hydrogens is 296 g/mol. The maximum atomic E-state index is 11.2. The van der Waals surface area contributed by atoms with Crippen LogP contribution in [0.2, 0.25) is 5.02 Å². The molecule has 1 N–H and O–H groups in total. The van der Waals surface area contributed by atoms with E-state index < -0.39 is 5.97 Å². The first-order valence-electron chi connectivity index (χ1n) is 5.70. The number of carboxylic acids is 1. The highest BCUT2D eigenvalue weighted by Gasteiger charge is 2.16. The fourth-order valence-electron chi connectivity index (χ4n) is 1.58. The Bertz CT molecular complexity index is 740. The molecule has 0 aliphatic rings. The van der Waals surface area contributed by atoms with Gasteiger partial charge in [-0.2, -0.15) is 5.26 Å². The molecule has 0 fully saturated rings. The zero-order valence-electron chi connectivity index (χ0n) is 10.8. The number of hydrogen-bond donors (Lipinski definition) is 1. The molecule has 7 heteroatoms. The minimum absolute atomic E-state index is 0.0131. The van der Waals surface area contributed by atoms with Crippen molar-refractivity contribution in [2.24, 2.45) is 0 Å². The van der Waals surface area contributed by atoms with Gasteiger partial charge in [-0.1, -0.05) is 11.6 Å². The van der Waals surface area contributed by atoms with Gasteiger partial charge >= 0.3 is 5.97 Å². The quantitative estimate of drug-likeness (QED) is 0.933. The summed E-state index contributed by atoms with van der Waals surface area (Å²) in [5.41, 5.74) is 0.109. The van der Waals surface area contributed by atoms with Gasteiger partial charge < -0.3 is 14.6 Å². The van der Waals surface area contributed by atoms with Crippen LogP contribution < -0.4 is 9.47 Å². The molecule has 6 nitrogen and oxygen atoms in total. The van der Waals surface area contributed by atoms with Crippen LogP contribution in [0.5, 0.6) is 17.4 Å². The minimum atomic E-state index is -1.17. The largest absolute Gasteiger partial charge is 0.497 e. The SMILES string of the molecule is COc1ccc(C(=O)O)c(Oc2nccc(C#N)c2Cl)c1. The Balaban J connectivity index is 2.48. The molecule has 0 saturated carbocycles. The van der Waals surface area contributed by atoms with Crippen LogP contribution in [0.25, 0.3) is 0 Å². The normalized spacial score (nSPS) is 9.76. The molecule has 0 bridgehead atoms. The monoisotopic (exact) mass is 304 g/mol. The molecule has 0 saturated heterocycles. The topological polar surface area (TPSA) is 92.4 Å². The van der Waals surface area contributed by atoms with Crippen LogP contribution >= 0.6 is 11.6 Å². The Morgan fingerprint density at radius 3 is 2.81 bits per heavy atom. The van der Waals surface area contributed by atoms with E-state index in [1.165, 1.54) is 37.6 Å². The number of aromatic nitrogens is 1. The molecule has 2 aromatic rings. The van der Waals surface area contributed by atoms with Crippen LogP contribution in [0.15, 0.2) is 30.5 Å². The van der Waals surface area contributed by atoms with Gasteiger partial charge in [0.1, 0.15) is 28.2 Å². The molecular formula is C14H9ClN2O4. The van der Waals surface area contributed by atoms with Gasteiger partial charge in [-0.3, -0.25) is 0 Å². The first-order valence-corrected chi connectivity index (χ1v) is 6.08. The van der Waals surface area contributed by atoms with Gasteiger partial charge in [0.2, 0.25) is 5.88 Å². The number of ether oxygens (including phenoxy) is 2. The van der Waals surface area contributed by atoms with Crippen LogP contribution in [0.4, 0.5) is 0 Å². The van der Waals surface area contributed by atoms with Gasteiger partial charge in [0.15, 0.2) is 0 Å². The summed E-state index contributed by atoms with van der Waals surface area (Å²) in [4.78, 5) is 15.1. The molecule has 1 aromatic heterocycles. The lowest BCUT2D eigenvalue weighted by atomic mass is 10.2. The highest BCUT2D eigenvalue weighted by molar-refractivity contribution is 6.33. The van der Waals surface area contributed by atoms with E-state index >= 15 is 0 Å². The number of methoxy groups -OCH3 is 1. The lowest BCUT2D eigenvalue weighted by Gasteiger charge is -2.11. The number of nitrogens with zero attached hydrogens (tertiary/aromatic N) is 2. The zero-order valence-corrected chi connectivity index (χ0v) is 11.6. The van der Waals surface area contributed by atoms with Gasteiger partial charge in [-0.15, -0.1) is 0 Å². The first kappa shape index (κ1) is 14.6. The van der Waals surface area contributed by atoms with Crippen molar-refractivity contribution in [1.29, 1.82) is 5.26 Å². The Kier molecular flexibility index (Phi) is 4.26. The number of rotatable bonds is 4. The Morgan fingerprint density at radius 2 is 2.19 bits per heavy atom. The van der Waals surface area contributed by atoms with E-state index in [0.717, 1.165) is 0 Å². The molecule has 106 valence electrons. The molecule has 2 rings (SSSR count).